The van der Waals surface area contributed by atoms with Gasteiger partial charge in [-0.15, -0.1) is 0 Å². The van der Waals surface area contributed by atoms with Gasteiger partial charge < -0.3 is 5.11 Å². The summed E-state index contributed by atoms with van der Waals surface area (Å²) in [6.45, 7) is 1.78. The second kappa shape index (κ2) is 5.63. The Balaban J connectivity index is 2.23. The maximum absolute atomic E-state index is 8.87. The van der Waals surface area contributed by atoms with Gasteiger partial charge in [0.15, 0.2) is 0 Å². The summed E-state index contributed by atoms with van der Waals surface area (Å²) in [7, 11) is 2.02. The molecule has 0 saturated carbocycles. The number of rotatable bonds is 4. The van der Waals surface area contributed by atoms with Crippen molar-refractivity contribution in [3.63, 3.8) is 0 Å². The van der Waals surface area contributed by atoms with Gasteiger partial charge in [0.1, 0.15) is 0 Å². The molecule has 0 fully saturated rings. The number of aliphatic hydroxyl groups excluding tert-OH is 1. The lowest BCUT2D eigenvalue weighted by Gasteiger charge is -2.15. The minimum absolute atomic E-state index is 0.205. The van der Waals surface area contributed by atoms with Crippen LogP contribution in [0.25, 0.3) is 10.8 Å². The molecular formula is C14H16BrNO. The molecule has 0 aliphatic rings. The van der Waals surface area contributed by atoms with E-state index < -0.39 is 0 Å². The van der Waals surface area contributed by atoms with Crippen LogP contribution >= 0.6 is 15.9 Å². The van der Waals surface area contributed by atoms with E-state index >= 15 is 0 Å². The van der Waals surface area contributed by atoms with Gasteiger partial charge in [0.05, 0.1) is 6.61 Å². The van der Waals surface area contributed by atoms with Crippen LogP contribution in [0.1, 0.15) is 5.56 Å². The largest absolute Gasteiger partial charge is 0.395 e. The smallest absolute Gasteiger partial charge is 0.0558 e. The number of hydrogen-bond acceptors (Lipinski definition) is 2. The van der Waals surface area contributed by atoms with E-state index in [2.05, 4.69) is 57.2 Å². The highest BCUT2D eigenvalue weighted by Crippen LogP contribution is 2.21. The summed E-state index contributed by atoms with van der Waals surface area (Å²) in [6.07, 6.45) is 0. The fraction of sp³-hybridized carbons (Fsp3) is 0.286. The molecule has 0 radical (unpaired) electrons. The van der Waals surface area contributed by atoms with E-state index in [1.807, 2.05) is 7.05 Å². The average Bonchev–Trinajstić information content (AvgIpc) is 2.29. The standard InChI is InChI=1S/C14H16BrNO/c1-16(6-7-17)10-11-2-3-13-9-14(15)5-4-12(13)8-11/h2-5,8-9,17H,6-7,10H2,1H3. The molecular weight excluding hydrogens is 278 g/mol. The van der Waals surface area contributed by atoms with Crippen LogP contribution in [0, 0.1) is 0 Å². The zero-order chi connectivity index (χ0) is 12.3. The predicted molar refractivity (Wildman–Crippen MR) is 75.1 cm³/mol. The lowest BCUT2D eigenvalue weighted by atomic mass is 10.1. The van der Waals surface area contributed by atoms with Crippen LogP contribution in [0.5, 0.6) is 0 Å². The van der Waals surface area contributed by atoms with Crippen molar-refractivity contribution in [1.82, 2.24) is 4.90 Å². The monoisotopic (exact) mass is 293 g/mol. The maximum atomic E-state index is 8.87. The van der Waals surface area contributed by atoms with Gasteiger partial charge in [-0.25, -0.2) is 0 Å². The molecule has 2 rings (SSSR count). The van der Waals surface area contributed by atoms with Crippen LogP contribution in [0.3, 0.4) is 0 Å². The second-order valence-corrected chi connectivity index (χ2v) is 5.20. The Labute approximate surface area is 110 Å². The highest BCUT2D eigenvalue weighted by Gasteiger charge is 2.01. The summed E-state index contributed by atoms with van der Waals surface area (Å²) >= 11 is 3.48. The Hall–Kier alpha value is -0.900. The highest BCUT2D eigenvalue weighted by atomic mass is 79.9. The van der Waals surface area contributed by atoms with Gasteiger partial charge in [-0.3, -0.25) is 4.90 Å². The molecule has 2 aromatic rings. The first kappa shape index (κ1) is 12.6. The van der Waals surface area contributed by atoms with Gasteiger partial charge in [0, 0.05) is 17.6 Å². The molecule has 90 valence electrons. The van der Waals surface area contributed by atoms with Crippen LogP contribution < -0.4 is 0 Å². The predicted octanol–water partition coefficient (Wildman–Crippen LogP) is 3.03. The molecule has 3 heteroatoms. The van der Waals surface area contributed by atoms with E-state index in [-0.39, 0.29) is 6.61 Å². The Bertz CT molecular complexity index is 513. The first-order valence-corrected chi connectivity index (χ1v) is 6.46. The number of aliphatic hydroxyl groups is 1. The number of fused-ring (bicyclic) bond motifs is 1. The average molecular weight is 294 g/mol. The molecule has 0 unspecified atom stereocenters. The molecule has 0 heterocycles. The number of hydrogen-bond donors (Lipinski definition) is 1. The molecule has 0 aromatic heterocycles. The number of halogens is 1. The van der Waals surface area contributed by atoms with E-state index in [1.165, 1.54) is 16.3 Å². The third-order valence-electron chi connectivity index (χ3n) is 2.80. The molecule has 1 N–H and O–H groups in total. The zero-order valence-corrected chi connectivity index (χ0v) is 11.4. The molecule has 0 aliphatic carbocycles. The molecule has 2 aromatic carbocycles. The van der Waals surface area contributed by atoms with Crippen LogP contribution in [0.15, 0.2) is 40.9 Å². The minimum atomic E-state index is 0.205. The van der Waals surface area contributed by atoms with Crippen molar-refractivity contribution < 1.29 is 5.11 Å². The molecule has 0 bridgehead atoms. The molecule has 0 aliphatic heterocycles. The van der Waals surface area contributed by atoms with Crippen molar-refractivity contribution in [2.45, 2.75) is 6.54 Å². The topological polar surface area (TPSA) is 23.5 Å². The lowest BCUT2D eigenvalue weighted by Crippen LogP contribution is -2.21. The van der Waals surface area contributed by atoms with Gasteiger partial charge in [-0.1, -0.05) is 34.1 Å². The van der Waals surface area contributed by atoms with Gasteiger partial charge in [0.25, 0.3) is 0 Å². The van der Waals surface area contributed by atoms with Crippen LogP contribution in [0.2, 0.25) is 0 Å². The summed E-state index contributed by atoms with van der Waals surface area (Å²) in [5.41, 5.74) is 1.27. The van der Waals surface area contributed by atoms with E-state index in [4.69, 9.17) is 5.11 Å². The molecule has 17 heavy (non-hydrogen) atoms. The molecule has 0 spiro atoms. The first-order valence-electron chi connectivity index (χ1n) is 5.66. The molecule has 2 nitrogen and oxygen atoms in total. The van der Waals surface area contributed by atoms with E-state index in [9.17, 15) is 0 Å². The van der Waals surface area contributed by atoms with E-state index in [0.29, 0.717) is 6.54 Å². The van der Waals surface area contributed by atoms with Gasteiger partial charge >= 0.3 is 0 Å². The van der Waals surface area contributed by atoms with Crippen molar-refractivity contribution in [2.75, 3.05) is 20.2 Å². The van der Waals surface area contributed by atoms with E-state index in [1.54, 1.807) is 0 Å². The fourth-order valence-electron chi connectivity index (χ4n) is 1.93. The normalized spacial score (nSPS) is 11.3. The number of nitrogens with zero attached hydrogens (tertiary/aromatic N) is 1. The van der Waals surface area contributed by atoms with Crippen LogP contribution in [-0.4, -0.2) is 30.2 Å². The quantitative estimate of drug-likeness (QED) is 0.937. The summed E-state index contributed by atoms with van der Waals surface area (Å²) in [6, 6.07) is 12.8. The zero-order valence-electron chi connectivity index (χ0n) is 9.86. The third kappa shape index (κ3) is 3.28. The van der Waals surface area contributed by atoms with Crippen molar-refractivity contribution in [2.24, 2.45) is 0 Å². The SMILES string of the molecule is CN(CCO)Cc1ccc2cc(Br)ccc2c1. The molecule has 0 atom stereocenters. The number of likely N-dealkylation sites (N-methyl/N-ethyl adjacent to an activating group) is 1. The van der Waals surface area contributed by atoms with Crippen molar-refractivity contribution in [1.29, 1.82) is 0 Å². The molecule has 0 saturated heterocycles. The lowest BCUT2D eigenvalue weighted by molar-refractivity contribution is 0.217. The first-order chi connectivity index (χ1) is 8.19. The summed E-state index contributed by atoms with van der Waals surface area (Å²) in [5, 5.41) is 11.4. The molecule has 0 amide bonds. The third-order valence-corrected chi connectivity index (χ3v) is 3.29. The van der Waals surface area contributed by atoms with Crippen LogP contribution in [-0.2, 0) is 6.54 Å². The minimum Gasteiger partial charge on any atom is -0.395 e. The second-order valence-electron chi connectivity index (χ2n) is 4.29. The fourth-order valence-corrected chi connectivity index (χ4v) is 2.30. The van der Waals surface area contributed by atoms with Gasteiger partial charge in [-0.2, -0.15) is 0 Å². The Morgan fingerprint density at radius 2 is 1.82 bits per heavy atom. The van der Waals surface area contributed by atoms with Crippen molar-refractivity contribution in [3.8, 4) is 0 Å². The maximum Gasteiger partial charge on any atom is 0.0558 e. The highest BCUT2D eigenvalue weighted by molar-refractivity contribution is 9.10. The Kier molecular flexibility index (Phi) is 4.15. The Morgan fingerprint density at radius 3 is 2.59 bits per heavy atom. The Morgan fingerprint density at radius 1 is 1.12 bits per heavy atom. The van der Waals surface area contributed by atoms with Crippen molar-refractivity contribution in [3.05, 3.63) is 46.4 Å². The van der Waals surface area contributed by atoms with Gasteiger partial charge in [-0.05, 0) is 41.6 Å². The summed E-state index contributed by atoms with van der Waals surface area (Å²) in [4.78, 5) is 2.11. The summed E-state index contributed by atoms with van der Waals surface area (Å²) in [5.74, 6) is 0. The number of benzene rings is 2. The van der Waals surface area contributed by atoms with E-state index in [0.717, 1.165) is 11.0 Å². The summed E-state index contributed by atoms with van der Waals surface area (Å²) < 4.78 is 1.11. The van der Waals surface area contributed by atoms with Gasteiger partial charge in [0.2, 0.25) is 0 Å². The van der Waals surface area contributed by atoms with Crippen molar-refractivity contribution >= 4 is 26.7 Å². The van der Waals surface area contributed by atoms with Crippen LogP contribution in [0.4, 0.5) is 0 Å².